The maximum atomic E-state index is 11.9. The number of halogens is 3. The van der Waals surface area contributed by atoms with E-state index in [0.717, 1.165) is 12.8 Å². The summed E-state index contributed by atoms with van der Waals surface area (Å²) in [6.07, 6.45) is -2.97. The van der Waals surface area contributed by atoms with Gasteiger partial charge in [-0.3, -0.25) is 0 Å². The monoisotopic (exact) mass is 196 g/mol. The molecule has 0 aromatic heterocycles. The predicted octanol–water partition coefficient (Wildman–Crippen LogP) is 2.88. The van der Waals surface area contributed by atoms with Gasteiger partial charge in [0.05, 0.1) is 5.60 Å². The van der Waals surface area contributed by atoms with E-state index in [1.807, 2.05) is 0 Å². The molecule has 0 saturated heterocycles. The summed E-state index contributed by atoms with van der Waals surface area (Å²) >= 11 is 0. The van der Waals surface area contributed by atoms with Gasteiger partial charge in [0, 0.05) is 6.42 Å². The molecule has 0 bridgehead atoms. The lowest BCUT2D eigenvalue weighted by molar-refractivity contribution is -0.148. The highest BCUT2D eigenvalue weighted by Crippen LogP contribution is 2.45. The van der Waals surface area contributed by atoms with E-state index in [4.69, 9.17) is 0 Å². The molecule has 4 heteroatoms. The fourth-order valence-corrected chi connectivity index (χ4v) is 1.65. The Morgan fingerprint density at radius 3 is 2.08 bits per heavy atom. The minimum atomic E-state index is -4.14. The molecule has 0 amide bonds. The first-order valence-electron chi connectivity index (χ1n) is 4.66. The molecule has 78 valence electrons. The standard InChI is InChI=1S/C9H15F3O/c1-2-8(13,7-3-4-7)5-6-9(10,11)12/h7,13H,2-6H2,1H3. The minimum Gasteiger partial charge on any atom is -0.390 e. The molecule has 1 rings (SSSR count). The van der Waals surface area contributed by atoms with Gasteiger partial charge in [-0.2, -0.15) is 13.2 Å². The molecule has 0 aromatic carbocycles. The molecule has 1 aliphatic carbocycles. The Balaban J connectivity index is 2.39. The van der Waals surface area contributed by atoms with Crippen LogP contribution < -0.4 is 0 Å². The first kappa shape index (κ1) is 10.8. The zero-order valence-electron chi connectivity index (χ0n) is 7.69. The number of rotatable bonds is 4. The third kappa shape index (κ3) is 3.18. The molecule has 1 aliphatic rings. The van der Waals surface area contributed by atoms with Crippen LogP contribution in [0.25, 0.3) is 0 Å². The lowest BCUT2D eigenvalue weighted by Gasteiger charge is -2.27. The van der Waals surface area contributed by atoms with Crippen LogP contribution in [0.3, 0.4) is 0 Å². The van der Waals surface area contributed by atoms with Crippen molar-refractivity contribution in [2.24, 2.45) is 5.92 Å². The number of hydrogen-bond donors (Lipinski definition) is 1. The van der Waals surface area contributed by atoms with Gasteiger partial charge in [-0.05, 0) is 31.6 Å². The summed E-state index contributed by atoms with van der Waals surface area (Å²) in [5.41, 5.74) is -1.06. The summed E-state index contributed by atoms with van der Waals surface area (Å²) in [6.45, 7) is 1.74. The third-order valence-corrected chi connectivity index (χ3v) is 2.79. The van der Waals surface area contributed by atoms with E-state index in [0.29, 0.717) is 6.42 Å². The topological polar surface area (TPSA) is 20.2 Å². The van der Waals surface area contributed by atoms with Crippen LogP contribution in [-0.2, 0) is 0 Å². The zero-order valence-corrected chi connectivity index (χ0v) is 7.69. The fraction of sp³-hybridized carbons (Fsp3) is 1.00. The quantitative estimate of drug-likeness (QED) is 0.733. The Morgan fingerprint density at radius 2 is 1.77 bits per heavy atom. The van der Waals surface area contributed by atoms with Gasteiger partial charge in [0.15, 0.2) is 0 Å². The maximum absolute atomic E-state index is 11.9. The molecule has 1 saturated carbocycles. The predicted molar refractivity (Wildman–Crippen MR) is 43.3 cm³/mol. The molecule has 1 nitrogen and oxygen atoms in total. The van der Waals surface area contributed by atoms with Crippen molar-refractivity contribution in [3.05, 3.63) is 0 Å². The molecule has 0 radical (unpaired) electrons. The third-order valence-electron chi connectivity index (χ3n) is 2.79. The molecule has 0 aliphatic heterocycles. The van der Waals surface area contributed by atoms with Gasteiger partial charge in [0.25, 0.3) is 0 Å². The zero-order chi connectivity index (χ0) is 10.1. The van der Waals surface area contributed by atoms with Crippen LogP contribution in [0.1, 0.15) is 39.0 Å². The Kier molecular flexibility index (Phi) is 2.90. The number of alkyl halides is 3. The van der Waals surface area contributed by atoms with E-state index in [1.165, 1.54) is 0 Å². The van der Waals surface area contributed by atoms with Crippen molar-refractivity contribution in [1.82, 2.24) is 0 Å². The van der Waals surface area contributed by atoms with Crippen molar-refractivity contribution < 1.29 is 18.3 Å². The van der Waals surface area contributed by atoms with E-state index in [9.17, 15) is 18.3 Å². The summed E-state index contributed by atoms with van der Waals surface area (Å²) in [7, 11) is 0. The SMILES string of the molecule is CCC(O)(CCC(F)(F)F)C1CC1. The smallest absolute Gasteiger partial charge is 0.389 e. The Bertz CT molecular complexity index is 174. The van der Waals surface area contributed by atoms with Crippen LogP contribution in [0.15, 0.2) is 0 Å². The lowest BCUT2D eigenvalue weighted by atomic mass is 9.89. The number of hydrogen-bond acceptors (Lipinski definition) is 1. The van der Waals surface area contributed by atoms with Crippen molar-refractivity contribution in [1.29, 1.82) is 0 Å². The Morgan fingerprint density at radius 1 is 1.23 bits per heavy atom. The normalized spacial score (nSPS) is 22.8. The van der Waals surface area contributed by atoms with Crippen LogP contribution >= 0.6 is 0 Å². The van der Waals surface area contributed by atoms with Gasteiger partial charge < -0.3 is 5.11 Å². The van der Waals surface area contributed by atoms with Crippen molar-refractivity contribution >= 4 is 0 Å². The van der Waals surface area contributed by atoms with Crippen molar-refractivity contribution in [3.63, 3.8) is 0 Å². The molecule has 1 atom stereocenters. The first-order chi connectivity index (χ1) is 5.87. The van der Waals surface area contributed by atoms with Gasteiger partial charge in [-0.25, -0.2) is 0 Å². The first-order valence-corrected chi connectivity index (χ1v) is 4.66. The highest BCUT2D eigenvalue weighted by Gasteiger charge is 2.44. The second-order valence-electron chi connectivity index (χ2n) is 3.85. The van der Waals surface area contributed by atoms with Crippen LogP contribution in [-0.4, -0.2) is 16.9 Å². The second kappa shape index (κ2) is 3.48. The van der Waals surface area contributed by atoms with Crippen LogP contribution in [0.2, 0.25) is 0 Å². The van der Waals surface area contributed by atoms with E-state index in [1.54, 1.807) is 6.92 Å². The van der Waals surface area contributed by atoms with Crippen LogP contribution in [0.5, 0.6) is 0 Å². The van der Waals surface area contributed by atoms with Gasteiger partial charge >= 0.3 is 6.18 Å². The largest absolute Gasteiger partial charge is 0.390 e. The Labute approximate surface area is 75.9 Å². The van der Waals surface area contributed by atoms with Crippen LogP contribution in [0, 0.1) is 5.92 Å². The summed E-state index contributed by atoms with van der Waals surface area (Å²) in [4.78, 5) is 0. The molecule has 0 heterocycles. The second-order valence-corrected chi connectivity index (χ2v) is 3.85. The molecule has 0 spiro atoms. The molecule has 13 heavy (non-hydrogen) atoms. The van der Waals surface area contributed by atoms with Gasteiger partial charge in [-0.15, -0.1) is 0 Å². The van der Waals surface area contributed by atoms with Gasteiger partial charge in [-0.1, -0.05) is 6.92 Å². The molecule has 0 aromatic rings. The highest BCUT2D eigenvalue weighted by molar-refractivity contribution is 4.93. The van der Waals surface area contributed by atoms with E-state index < -0.39 is 18.2 Å². The lowest BCUT2D eigenvalue weighted by Crippen LogP contribution is -2.32. The molecule has 1 fully saturated rings. The Hall–Kier alpha value is -0.250. The number of aliphatic hydroxyl groups is 1. The van der Waals surface area contributed by atoms with E-state index >= 15 is 0 Å². The average Bonchev–Trinajstić information content (AvgIpc) is 2.81. The van der Waals surface area contributed by atoms with Crippen molar-refractivity contribution in [2.45, 2.75) is 50.8 Å². The van der Waals surface area contributed by atoms with Gasteiger partial charge in [0.2, 0.25) is 0 Å². The summed E-state index contributed by atoms with van der Waals surface area (Å²) in [5, 5.41) is 9.82. The molecular formula is C9H15F3O. The van der Waals surface area contributed by atoms with Crippen molar-refractivity contribution in [2.75, 3.05) is 0 Å². The van der Waals surface area contributed by atoms with E-state index in [-0.39, 0.29) is 12.3 Å². The van der Waals surface area contributed by atoms with Crippen LogP contribution in [0.4, 0.5) is 13.2 Å². The molecular weight excluding hydrogens is 181 g/mol. The summed E-state index contributed by atoms with van der Waals surface area (Å²) in [6, 6.07) is 0. The highest BCUT2D eigenvalue weighted by atomic mass is 19.4. The van der Waals surface area contributed by atoms with Crippen molar-refractivity contribution in [3.8, 4) is 0 Å². The fourth-order valence-electron chi connectivity index (χ4n) is 1.65. The summed E-state index contributed by atoms with van der Waals surface area (Å²) in [5.74, 6) is 0.111. The molecule has 1 N–H and O–H groups in total. The van der Waals surface area contributed by atoms with E-state index in [2.05, 4.69) is 0 Å². The minimum absolute atomic E-state index is 0.111. The average molecular weight is 196 g/mol. The van der Waals surface area contributed by atoms with Gasteiger partial charge in [0.1, 0.15) is 0 Å². The summed E-state index contributed by atoms with van der Waals surface area (Å²) < 4.78 is 35.7. The maximum Gasteiger partial charge on any atom is 0.389 e. The molecule has 1 unspecified atom stereocenters.